The van der Waals surface area contributed by atoms with E-state index in [-0.39, 0.29) is 18.6 Å². The van der Waals surface area contributed by atoms with Crippen LogP contribution in [0.25, 0.3) is 0 Å². The minimum Gasteiger partial charge on any atom is -0.444 e. The van der Waals surface area contributed by atoms with Crippen molar-refractivity contribution in [3.8, 4) is 0 Å². The van der Waals surface area contributed by atoms with Gasteiger partial charge in [-0.05, 0) is 34.9 Å². The topological polar surface area (TPSA) is 59.1 Å². The lowest BCUT2D eigenvalue weighted by molar-refractivity contribution is -0.272. The average Bonchev–Trinajstić information content (AvgIpc) is 2.92. The van der Waals surface area contributed by atoms with Crippen LogP contribution < -0.4 is 0 Å². The first kappa shape index (κ1) is 24.6. The third kappa shape index (κ3) is 5.22. The third-order valence-corrected chi connectivity index (χ3v) is 6.26. The van der Waals surface area contributed by atoms with E-state index in [0.29, 0.717) is 0 Å². The molecule has 3 heterocycles. The number of amides is 2. The van der Waals surface area contributed by atoms with Crippen LogP contribution in [-0.4, -0.2) is 34.2 Å². The Hall–Kier alpha value is -4.11. The van der Waals surface area contributed by atoms with Crippen molar-refractivity contribution in [2.75, 3.05) is 0 Å². The molecule has 3 atom stereocenters. The SMILES string of the molecule is O=C(Cc1ccccc1)N1O[C@@H]2C=C[C@H]1N(C(=O)OCc1ccccc1)[C@H]2c1cccc(C(F)(F)F)c1. The second kappa shape index (κ2) is 10.1. The molecule has 6 rings (SSSR count). The third-order valence-electron chi connectivity index (χ3n) is 6.26. The number of hydrogen-bond donors (Lipinski definition) is 0. The van der Waals surface area contributed by atoms with Crippen molar-refractivity contribution < 1.29 is 32.3 Å². The minimum absolute atomic E-state index is 0.0268. The quantitative estimate of drug-likeness (QED) is 0.417. The Morgan fingerprint density at radius 1 is 0.865 bits per heavy atom. The second-order valence-electron chi connectivity index (χ2n) is 8.77. The van der Waals surface area contributed by atoms with Gasteiger partial charge in [0, 0.05) is 0 Å². The van der Waals surface area contributed by atoms with Crippen LogP contribution in [0.1, 0.15) is 28.3 Å². The van der Waals surface area contributed by atoms with E-state index in [4.69, 9.17) is 9.57 Å². The van der Waals surface area contributed by atoms with E-state index in [1.54, 1.807) is 48.6 Å². The van der Waals surface area contributed by atoms with Gasteiger partial charge < -0.3 is 4.74 Å². The molecular weight excluding hydrogens is 485 g/mol. The van der Waals surface area contributed by atoms with Gasteiger partial charge in [-0.15, -0.1) is 0 Å². The summed E-state index contributed by atoms with van der Waals surface area (Å²) in [5, 5.41) is 1.10. The number of benzene rings is 3. The maximum absolute atomic E-state index is 13.5. The number of carbonyl (C=O) groups excluding carboxylic acids is 2. The molecule has 190 valence electrons. The van der Waals surface area contributed by atoms with E-state index in [2.05, 4.69) is 0 Å². The summed E-state index contributed by atoms with van der Waals surface area (Å²) in [7, 11) is 0. The summed E-state index contributed by atoms with van der Waals surface area (Å²) in [5.41, 5.74) is 0.887. The Bertz CT molecular complexity index is 1300. The lowest BCUT2D eigenvalue weighted by atomic mass is 9.93. The summed E-state index contributed by atoms with van der Waals surface area (Å²) in [6, 6.07) is 21.9. The van der Waals surface area contributed by atoms with E-state index in [1.165, 1.54) is 17.0 Å². The first-order valence-electron chi connectivity index (χ1n) is 11.7. The fourth-order valence-electron chi connectivity index (χ4n) is 4.53. The number of hydroxylamine groups is 2. The van der Waals surface area contributed by atoms with Crippen LogP contribution >= 0.6 is 0 Å². The van der Waals surface area contributed by atoms with Crippen LogP contribution in [0, 0.1) is 0 Å². The van der Waals surface area contributed by atoms with E-state index < -0.39 is 42.1 Å². The molecule has 0 N–H and O–H groups in total. The molecule has 1 fully saturated rings. The highest BCUT2D eigenvalue weighted by atomic mass is 19.4. The van der Waals surface area contributed by atoms with E-state index in [9.17, 15) is 22.8 Å². The van der Waals surface area contributed by atoms with Gasteiger partial charge in [-0.25, -0.2) is 4.79 Å². The van der Waals surface area contributed by atoms with Gasteiger partial charge in [0.1, 0.15) is 12.7 Å². The molecule has 2 amide bonds. The molecule has 0 spiro atoms. The molecule has 0 saturated carbocycles. The van der Waals surface area contributed by atoms with Gasteiger partial charge in [0.15, 0.2) is 6.17 Å². The van der Waals surface area contributed by atoms with E-state index >= 15 is 0 Å². The maximum Gasteiger partial charge on any atom is 0.416 e. The van der Waals surface area contributed by atoms with Crippen molar-refractivity contribution in [3.63, 3.8) is 0 Å². The van der Waals surface area contributed by atoms with Crippen molar-refractivity contribution in [1.82, 2.24) is 9.96 Å². The zero-order valence-corrected chi connectivity index (χ0v) is 19.5. The number of carbonyl (C=O) groups is 2. The molecule has 0 aromatic heterocycles. The normalized spacial score (nSPS) is 20.7. The average molecular weight is 508 g/mol. The summed E-state index contributed by atoms with van der Waals surface area (Å²) in [5.74, 6) is -0.395. The van der Waals surface area contributed by atoms with Crippen LogP contribution in [0.15, 0.2) is 97.1 Å². The summed E-state index contributed by atoms with van der Waals surface area (Å²) in [6.45, 7) is -0.0363. The standard InChI is InChI=1S/C28H23F3N2O4/c29-28(30,31)22-13-7-12-21(17-22)26-23-14-15-24(32(26)27(35)36-18-20-10-5-2-6-11-20)33(37-23)25(34)16-19-8-3-1-4-9-19/h1-15,17,23-24,26H,16,18H2/t23-,24+,26+/m1/s1. The molecule has 3 aromatic rings. The molecule has 0 unspecified atom stereocenters. The molecule has 6 nitrogen and oxygen atoms in total. The lowest BCUT2D eigenvalue weighted by Gasteiger charge is -2.51. The Labute approximate surface area is 211 Å². The van der Waals surface area contributed by atoms with Gasteiger partial charge >= 0.3 is 12.3 Å². The number of halogens is 3. The van der Waals surface area contributed by atoms with E-state index in [0.717, 1.165) is 28.3 Å². The monoisotopic (exact) mass is 508 g/mol. The van der Waals surface area contributed by atoms with Crippen LogP contribution in [0.5, 0.6) is 0 Å². The van der Waals surface area contributed by atoms with Gasteiger partial charge in [-0.3, -0.25) is 14.5 Å². The Kier molecular flexibility index (Phi) is 6.71. The number of nitrogens with zero attached hydrogens (tertiary/aromatic N) is 2. The lowest BCUT2D eigenvalue weighted by Crippen LogP contribution is -2.64. The number of fused-ring (bicyclic) bond motifs is 2. The Morgan fingerprint density at radius 3 is 2.22 bits per heavy atom. The molecule has 37 heavy (non-hydrogen) atoms. The molecular formula is C28H23F3N2O4. The predicted molar refractivity (Wildman–Crippen MR) is 127 cm³/mol. The summed E-state index contributed by atoms with van der Waals surface area (Å²) < 4.78 is 45.9. The Balaban J connectivity index is 1.45. The molecule has 2 bridgehead atoms. The minimum atomic E-state index is -4.56. The van der Waals surface area contributed by atoms with Crippen LogP contribution in [0.3, 0.4) is 0 Å². The van der Waals surface area contributed by atoms with Gasteiger partial charge in [0.25, 0.3) is 5.91 Å². The van der Waals surface area contributed by atoms with Gasteiger partial charge in [-0.1, -0.05) is 78.9 Å². The number of alkyl halides is 3. The molecule has 3 aromatic carbocycles. The summed E-state index contributed by atoms with van der Waals surface area (Å²) >= 11 is 0. The highest BCUT2D eigenvalue weighted by molar-refractivity contribution is 5.80. The molecule has 0 radical (unpaired) electrons. The first-order chi connectivity index (χ1) is 17.8. The highest BCUT2D eigenvalue weighted by Crippen LogP contribution is 2.41. The van der Waals surface area contributed by atoms with Gasteiger partial charge in [0.05, 0.1) is 18.0 Å². The first-order valence-corrected chi connectivity index (χ1v) is 11.7. The zero-order valence-electron chi connectivity index (χ0n) is 19.5. The molecule has 3 aliphatic rings. The maximum atomic E-state index is 13.5. The fourth-order valence-corrected chi connectivity index (χ4v) is 4.53. The van der Waals surface area contributed by atoms with Crippen molar-refractivity contribution in [1.29, 1.82) is 0 Å². The summed E-state index contributed by atoms with van der Waals surface area (Å²) in [4.78, 5) is 33.8. The van der Waals surface area contributed by atoms with Crippen molar-refractivity contribution >= 4 is 12.0 Å². The van der Waals surface area contributed by atoms with Crippen molar-refractivity contribution in [2.24, 2.45) is 0 Å². The number of hydrogen-bond acceptors (Lipinski definition) is 4. The van der Waals surface area contributed by atoms with Crippen LogP contribution in [0.4, 0.5) is 18.0 Å². The largest absolute Gasteiger partial charge is 0.444 e. The van der Waals surface area contributed by atoms with Crippen LogP contribution in [-0.2, 0) is 33.6 Å². The number of ether oxygens (including phenoxy) is 1. The fraction of sp³-hybridized carbons (Fsp3) is 0.214. The number of rotatable bonds is 5. The zero-order chi connectivity index (χ0) is 26.0. The summed E-state index contributed by atoms with van der Waals surface area (Å²) in [6.07, 6.45) is -3.91. The highest BCUT2D eigenvalue weighted by Gasteiger charge is 2.50. The molecule has 0 aliphatic carbocycles. The van der Waals surface area contributed by atoms with Gasteiger partial charge in [0.2, 0.25) is 0 Å². The van der Waals surface area contributed by atoms with Crippen LogP contribution in [0.2, 0.25) is 0 Å². The predicted octanol–water partition coefficient (Wildman–Crippen LogP) is 5.67. The molecule has 9 heteroatoms. The second-order valence-corrected chi connectivity index (χ2v) is 8.77. The van der Waals surface area contributed by atoms with Crippen molar-refractivity contribution in [2.45, 2.75) is 37.5 Å². The van der Waals surface area contributed by atoms with E-state index in [1.807, 2.05) is 24.3 Å². The molecule has 3 aliphatic heterocycles. The smallest absolute Gasteiger partial charge is 0.416 e. The van der Waals surface area contributed by atoms with Gasteiger partial charge in [-0.2, -0.15) is 18.2 Å². The Morgan fingerprint density at radius 2 is 1.54 bits per heavy atom. The van der Waals surface area contributed by atoms with Crippen molar-refractivity contribution in [3.05, 3.63) is 119 Å². The molecule has 1 saturated heterocycles.